The lowest BCUT2D eigenvalue weighted by Gasteiger charge is -2.43. The summed E-state index contributed by atoms with van der Waals surface area (Å²) in [5.74, 6) is -3.56. The Morgan fingerprint density at radius 3 is 1.41 bits per heavy atom. The summed E-state index contributed by atoms with van der Waals surface area (Å²) in [6, 6.07) is 0. The van der Waals surface area contributed by atoms with Crippen LogP contribution in [0.5, 0.6) is 0 Å². The predicted octanol–water partition coefficient (Wildman–Crippen LogP) is 7.78. The van der Waals surface area contributed by atoms with Crippen LogP contribution in [0.15, 0.2) is 24.3 Å². The summed E-state index contributed by atoms with van der Waals surface area (Å²) >= 11 is 0. The van der Waals surface area contributed by atoms with Gasteiger partial charge in [-0.2, -0.15) is 0 Å². The first-order valence-electron chi connectivity index (χ1n) is 24.2. The molecular weight excluding hydrogens is 785 g/mol. The summed E-state index contributed by atoms with van der Waals surface area (Å²) < 4.78 is 28.8. The molecule has 0 radical (unpaired) electrons. The van der Waals surface area contributed by atoms with E-state index in [-0.39, 0.29) is 12.8 Å². The number of carbonyl (C=O) groups is 2. The summed E-state index contributed by atoms with van der Waals surface area (Å²) in [5, 5.41) is 62.6. The van der Waals surface area contributed by atoms with Crippen molar-refractivity contribution in [1.29, 1.82) is 0 Å². The molecule has 356 valence electrons. The zero-order valence-electron chi connectivity index (χ0n) is 37.9. The Bertz CT molecular complexity index is 1160. The van der Waals surface area contributed by atoms with Crippen LogP contribution in [0.1, 0.15) is 194 Å². The standard InChI is InChI=1S/C48H86O13/c1-3-5-7-9-11-13-15-17-19-21-23-25-27-29-31-33-40(51)57-37-48(61-47-45(56)44(55)42(53)38(35-49)58-47)46(43(54)39(36-50)60-48)59-41(52)34-32-30-28-26-24-22-20-18-16-14-12-10-8-6-4-2/h17-20,38-39,42-47,49-50,53-56H,3-16,21-37H2,1-2H3/t38-,39-,42-,43-,44+,45-,46+,47-,48+/m1/s1. The second kappa shape index (κ2) is 34.5. The molecule has 2 aliphatic rings. The van der Waals surface area contributed by atoms with E-state index in [0.29, 0.717) is 12.8 Å². The third-order valence-electron chi connectivity index (χ3n) is 11.8. The normalized spacial score (nSPS) is 26.8. The molecule has 0 aromatic rings. The molecule has 0 aromatic carbocycles. The van der Waals surface area contributed by atoms with E-state index in [9.17, 15) is 40.2 Å². The lowest BCUT2D eigenvalue weighted by molar-refractivity contribution is -0.384. The van der Waals surface area contributed by atoms with Gasteiger partial charge in [0.05, 0.1) is 13.2 Å². The van der Waals surface area contributed by atoms with Crippen LogP contribution >= 0.6 is 0 Å². The van der Waals surface area contributed by atoms with E-state index < -0.39 is 86.6 Å². The van der Waals surface area contributed by atoms with Gasteiger partial charge in [-0.05, 0) is 64.2 Å². The van der Waals surface area contributed by atoms with Crippen molar-refractivity contribution in [2.45, 2.75) is 248 Å². The van der Waals surface area contributed by atoms with Crippen molar-refractivity contribution >= 4 is 11.9 Å². The summed E-state index contributed by atoms with van der Waals surface area (Å²) in [4.78, 5) is 26.2. The van der Waals surface area contributed by atoms with Crippen LogP contribution < -0.4 is 0 Å². The topological polar surface area (TPSA) is 202 Å². The Morgan fingerprint density at radius 1 is 0.525 bits per heavy atom. The van der Waals surface area contributed by atoms with Crippen LogP contribution in [-0.4, -0.2) is 117 Å². The van der Waals surface area contributed by atoms with E-state index in [0.717, 1.165) is 77.0 Å². The Balaban J connectivity index is 1.88. The number of ether oxygens (including phenoxy) is 5. The van der Waals surface area contributed by atoms with E-state index in [2.05, 4.69) is 38.2 Å². The van der Waals surface area contributed by atoms with Gasteiger partial charge in [0, 0.05) is 12.8 Å². The highest BCUT2D eigenvalue weighted by Crippen LogP contribution is 2.39. The number of aliphatic hydroxyl groups is 6. The minimum absolute atomic E-state index is 0.0244. The quantitative estimate of drug-likeness (QED) is 0.0201. The van der Waals surface area contributed by atoms with E-state index in [1.165, 1.54) is 77.0 Å². The molecule has 9 atom stereocenters. The summed E-state index contributed by atoms with van der Waals surface area (Å²) in [6.07, 6.45) is 24.8. The number of aliphatic hydroxyl groups excluding tert-OH is 6. The lowest BCUT2D eigenvalue weighted by atomic mass is 9.99. The number of rotatable bonds is 37. The largest absolute Gasteiger partial charge is 0.460 e. The van der Waals surface area contributed by atoms with Gasteiger partial charge in [-0.25, -0.2) is 0 Å². The maximum Gasteiger partial charge on any atom is 0.306 e. The number of hydrogen-bond donors (Lipinski definition) is 6. The van der Waals surface area contributed by atoms with Gasteiger partial charge >= 0.3 is 11.9 Å². The molecule has 13 heteroatoms. The zero-order chi connectivity index (χ0) is 44.6. The highest BCUT2D eigenvalue weighted by Gasteiger charge is 2.61. The highest BCUT2D eigenvalue weighted by molar-refractivity contribution is 5.70. The maximum atomic E-state index is 13.2. The van der Waals surface area contributed by atoms with Crippen molar-refractivity contribution in [1.82, 2.24) is 0 Å². The van der Waals surface area contributed by atoms with Gasteiger partial charge < -0.3 is 54.3 Å². The van der Waals surface area contributed by atoms with Crippen molar-refractivity contribution in [2.24, 2.45) is 0 Å². The summed E-state index contributed by atoms with van der Waals surface area (Å²) in [7, 11) is 0. The smallest absolute Gasteiger partial charge is 0.306 e. The van der Waals surface area contributed by atoms with Gasteiger partial charge in [-0.15, -0.1) is 0 Å². The minimum Gasteiger partial charge on any atom is -0.460 e. The number of esters is 2. The molecular formula is C48H86O13. The molecule has 0 unspecified atom stereocenters. The first kappa shape index (κ1) is 55.2. The van der Waals surface area contributed by atoms with Gasteiger partial charge in [0.2, 0.25) is 5.79 Å². The molecule has 2 saturated heterocycles. The van der Waals surface area contributed by atoms with Gasteiger partial charge in [-0.1, -0.05) is 141 Å². The molecule has 2 heterocycles. The average molecular weight is 871 g/mol. The lowest BCUT2D eigenvalue weighted by Crippen LogP contribution is -2.63. The van der Waals surface area contributed by atoms with Crippen LogP contribution in [0.3, 0.4) is 0 Å². The summed E-state index contributed by atoms with van der Waals surface area (Å²) in [5.41, 5.74) is 0. The molecule has 0 saturated carbocycles. The van der Waals surface area contributed by atoms with Gasteiger partial charge in [0.1, 0.15) is 43.2 Å². The minimum atomic E-state index is -2.28. The van der Waals surface area contributed by atoms with Crippen molar-refractivity contribution in [3.05, 3.63) is 24.3 Å². The van der Waals surface area contributed by atoms with Crippen molar-refractivity contribution < 1.29 is 63.9 Å². The highest BCUT2D eigenvalue weighted by atomic mass is 16.8. The van der Waals surface area contributed by atoms with Crippen molar-refractivity contribution in [3.63, 3.8) is 0 Å². The van der Waals surface area contributed by atoms with Gasteiger partial charge in [-0.3, -0.25) is 9.59 Å². The Morgan fingerprint density at radius 2 is 0.951 bits per heavy atom. The van der Waals surface area contributed by atoms with Gasteiger partial charge in [0.15, 0.2) is 12.4 Å². The number of allylic oxidation sites excluding steroid dienone is 4. The Kier molecular flexibility index (Phi) is 31.2. The number of unbranched alkanes of at least 4 members (excludes halogenated alkanes) is 22. The maximum absolute atomic E-state index is 13.2. The van der Waals surface area contributed by atoms with E-state index >= 15 is 0 Å². The van der Waals surface area contributed by atoms with E-state index in [1.807, 2.05) is 0 Å². The van der Waals surface area contributed by atoms with E-state index in [4.69, 9.17) is 23.7 Å². The molecule has 2 aliphatic heterocycles. The SMILES string of the molecule is CCCCCCCCC=CCCCCCCCC(=O)OC[C@@]1(O[C@H]2O[C@H](CO)[C@@H](O)[C@H](O)[C@H]2O)O[C@H](CO)[C@@H](O)[C@@H]1OC(=O)CCCCCCCC=CCCCCCCCC. The first-order chi connectivity index (χ1) is 29.6. The second-order valence-corrected chi connectivity index (χ2v) is 17.2. The fourth-order valence-corrected chi connectivity index (χ4v) is 7.89. The second-order valence-electron chi connectivity index (χ2n) is 17.2. The molecule has 0 aromatic heterocycles. The zero-order valence-corrected chi connectivity index (χ0v) is 37.9. The summed E-state index contributed by atoms with van der Waals surface area (Å²) in [6.45, 7) is 2.29. The molecule has 0 bridgehead atoms. The number of hydrogen-bond acceptors (Lipinski definition) is 13. The Hall–Kier alpha value is -1.94. The average Bonchev–Trinajstić information content (AvgIpc) is 3.51. The molecule has 6 N–H and O–H groups in total. The molecule has 0 spiro atoms. The molecule has 61 heavy (non-hydrogen) atoms. The Labute approximate surface area is 367 Å². The molecule has 2 fully saturated rings. The van der Waals surface area contributed by atoms with Crippen molar-refractivity contribution in [2.75, 3.05) is 19.8 Å². The van der Waals surface area contributed by atoms with Crippen molar-refractivity contribution in [3.8, 4) is 0 Å². The van der Waals surface area contributed by atoms with Crippen LogP contribution in [-0.2, 0) is 33.3 Å². The van der Waals surface area contributed by atoms with Crippen LogP contribution in [0.2, 0.25) is 0 Å². The van der Waals surface area contributed by atoms with Crippen LogP contribution in [0.4, 0.5) is 0 Å². The predicted molar refractivity (Wildman–Crippen MR) is 235 cm³/mol. The first-order valence-corrected chi connectivity index (χ1v) is 24.2. The molecule has 2 rings (SSSR count). The fraction of sp³-hybridized carbons (Fsp3) is 0.875. The molecule has 13 nitrogen and oxygen atoms in total. The third-order valence-corrected chi connectivity index (χ3v) is 11.8. The fourth-order valence-electron chi connectivity index (χ4n) is 7.89. The van der Waals surface area contributed by atoms with Crippen LogP contribution in [0, 0.1) is 0 Å². The van der Waals surface area contributed by atoms with Crippen LogP contribution in [0.25, 0.3) is 0 Å². The molecule has 0 amide bonds. The van der Waals surface area contributed by atoms with E-state index in [1.54, 1.807) is 0 Å². The third kappa shape index (κ3) is 22.5. The van der Waals surface area contributed by atoms with Gasteiger partial charge in [0.25, 0.3) is 0 Å². The molecule has 0 aliphatic carbocycles. The monoisotopic (exact) mass is 871 g/mol. The number of carbonyl (C=O) groups excluding carboxylic acids is 2.